The molecule has 1 atom stereocenters. The van der Waals surface area contributed by atoms with Gasteiger partial charge < -0.3 is 16.4 Å². The summed E-state index contributed by atoms with van der Waals surface area (Å²) in [5.74, 6) is 2.53. The summed E-state index contributed by atoms with van der Waals surface area (Å²) in [6.45, 7) is 8.06. The highest BCUT2D eigenvalue weighted by molar-refractivity contribution is 7.18. The third-order valence-corrected chi connectivity index (χ3v) is 3.41. The Kier molecular flexibility index (Phi) is 5.40. The number of nitrogen functional groups attached to an aromatic ring is 1. The summed E-state index contributed by atoms with van der Waals surface area (Å²) in [7, 11) is 0. The van der Waals surface area contributed by atoms with Crippen molar-refractivity contribution in [1.82, 2.24) is 10.3 Å². The lowest BCUT2D eigenvalue weighted by Gasteiger charge is -2.19. The van der Waals surface area contributed by atoms with Gasteiger partial charge in [-0.25, -0.2) is 4.98 Å². The summed E-state index contributed by atoms with van der Waals surface area (Å²) in [6, 6.07) is -0.270. The zero-order valence-electron chi connectivity index (χ0n) is 12.4. The number of hydrogen-bond acceptors (Lipinski definition) is 5. The maximum atomic E-state index is 12.1. The molecule has 1 unspecified atom stereocenters. The zero-order valence-corrected chi connectivity index (χ0v) is 13.2. The van der Waals surface area contributed by atoms with Crippen molar-refractivity contribution in [2.45, 2.75) is 52.1 Å². The molecule has 0 saturated carbocycles. The molecule has 1 heterocycles. The molecule has 1 aromatic heterocycles. The number of rotatable bonds is 5. The van der Waals surface area contributed by atoms with Crippen LogP contribution in [-0.2, 0) is 0 Å². The first-order valence-electron chi connectivity index (χ1n) is 6.58. The molecule has 0 aliphatic heterocycles. The number of amides is 1. The van der Waals surface area contributed by atoms with Gasteiger partial charge in [0.15, 0.2) is 5.13 Å². The average molecular weight is 294 g/mol. The quantitative estimate of drug-likeness (QED) is 0.729. The van der Waals surface area contributed by atoms with Crippen molar-refractivity contribution in [2.75, 3.05) is 11.1 Å². The summed E-state index contributed by atoms with van der Waals surface area (Å²) in [6.07, 6.45) is 7.04. The van der Waals surface area contributed by atoms with Gasteiger partial charge in [-0.2, -0.15) is 0 Å². The Bertz CT molecular complexity index is 510. The van der Waals surface area contributed by atoms with Gasteiger partial charge in [0.05, 0.1) is 6.04 Å². The van der Waals surface area contributed by atoms with Crippen LogP contribution >= 0.6 is 11.3 Å². The van der Waals surface area contributed by atoms with E-state index in [1.54, 1.807) is 0 Å². The molecule has 0 bridgehead atoms. The molecular formula is C14H22N4OS. The van der Waals surface area contributed by atoms with E-state index >= 15 is 0 Å². The maximum absolute atomic E-state index is 12.1. The topological polar surface area (TPSA) is 80.0 Å². The molecule has 0 aliphatic rings. The van der Waals surface area contributed by atoms with Gasteiger partial charge in [-0.15, -0.1) is 6.42 Å². The lowest BCUT2D eigenvalue weighted by molar-refractivity contribution is 0.0949. The SMILES string of the molecule is C#CC(CCC)NC(=O)c1sc(NC(C)(C)C)nc1N. The first-order chi connectivity index (χ1) is 9.26. The number of thiazole rings is 1. The van der Waals surface area contributed by atoms with Crippen molar-refractivity contribution >= 4 is 28.2 Å². The second kappa shape index (κ2) is 6.62. The minimum atomic E-state index is -0.270. The first kappa shape index (κ1) is 16.3. The summed E-state index contributed by atoms with van der Waals surface area (Å²) in [4.78, 5) is 16.7. The van der Waals surface area contributed by atoms with Gasteiger partial charge in [0.2, 0.25) is 0 Å². The molecule has 1 amide bonds. The van der Waals surface area contributed by atoms with Gasteiger partial charge in [-0.3, -0.25) is 4.79 Å². The predicted octanol–water partition coefficient (Wildman–Crippen LogP) is 2.47. The predicted molar refractivity (Wildman–Crippen MR) is 84.9 cm³/mol. The molecular weight excluding hydrogens is 272 g/mol. The van der Waals surface area contributed by atoms with Crippen molar-refractivity contribution in [3.05, 3.63) is 4.88 Å². The number of terminal acetylenes is 1. The Morgan fingerprint density at radius 1 is 1.55 bits per heavy atom. The van der Waals surface area contributed by atoms with Crippen molar-refractivity contribution in [3.8, 4) is 12.3 Å². The normalized spacial score (nSPS) is 12.6. The summed E-state index contributed by atoms with van der Waals surface area (Å²) < 4.78 is 0. The van der Waals surface area contributed by atoms with E-state index in [1.807, 2.05) is 27.7 Å². The maximum Gasteiger partial charge on any atom is 0.266 e. The number of aromatic nitrogens is 1. The van der Waals surface area contributed by atoms with Gasteiger partial charge in [0.1, 0.15) is 10.7 Å². The zero-order chi connectivity index (χ0) is 15.3. The van der Waals surface area contributed by atoms with Gasteiger partial charge in [-0.05, 0) is 27.2 Å². The largest absolute Gasteiger partial charge is 0.382 e. The Labute approximate surface area is 124 Å². The highest BCUT2D eigenvalue weighted by Gasteiger charge is 2.20. The van der Waals surface area contributed by atoms with Crippen LogP contribution < -0.4 is 16.4 Å². The van der Waals surface area contributed by atoms with Gasteiger partial charge in [0.25, 0.3) is 5.91 Å². The Hall–Kier alpha value is -1.74. The van der Waals surface area contributed by atoms with E-state index in [2.05, 4.69) is 21.5 Å². The second-order valence-corrected chi connectivity index (χ2v) is 6.59. The monoisotopic (exact) mass is 294 g/mol. The Morgan fingerprint density at radius 2 is 2.20 bits per heavy atom. The molecule has 110 valence electrons. The van der Waals surface area contributed by atoms with Gasteiger partial charge in [-0.1, -0.05) is 30.6 Å². The van der Waals surface area contributed by atoms with Crippen LogP contribution in [0.4, 0.5) is 10.9 Å². The average Bonchev–Trinajstić information content (AvgIpc) is 2.67. The molecule has 6 heteroatoms. The summed E-state index contributed by atoms with van der Waals surface area (Å²) in [5.41, 5.74) is 5.66. The molecule has 1 rings (SSSR count). The number of nitrogens with one attached hydrogen (secondary N) is 2. The third-order valence-electron chi connectivity index (χ3n) is 2.43. The Morgan fingerprint density at radius 3 is 2.70 bits per heavy atom. The molecule has 0 spiro atoms. The number of nitrogens with zero attached hydrogens (tertiary/aromatic N) is 1. The van der Waals surface area contributed by atoms with E-state index in [0.717, 1.165) is 12.8 Å². The fourth-order valence-electron chi connectivity index (χ4n) is 1.58. The molecule has 0 aliphatic carbocycles. The number of carbonyl (C=O) groups excluding carboxylic acids is 1. The van der Waals surface area contributed by atoms with E-state index in [-0.39, 0.29) is 23.3 Å². The molecule has 20 heavy (non-hydrogen) atoms. The number of hydrogen-bond donors (Lipinski definition) is 3. The number of carbonyl (C=O) groups is 1. The van der Waals surface area contributed by atoms with Crippen LogP contribution in [0, 0.1) is 12.3 Å². The summed E-state index contributed by atoms with van der Waals surface area (Å²) >= 11 is 1.24. The van der Waals surface area contributed by atoms with E-state index in [9.17, 15) is 4.79 Å². The van der Waals surface area contributed by atoms with Gasteiger partial charge >= 0.3 is 0 Å². The van der Waals surface area contributed by atoms with E-state index in [1.165, 1.54) is 11.3 Å². The van der Waals surface area contributed by atoms with Crippen LogP contribution in [0.15, 0.2) is 0 Å². The lowest BCUT2D eigenvalue weighted by atomic mass is 10.1. The van der Waals surface area contributed by atoms with Crippen molar-refractivity contribution in [1.29, 1.82) is 0 Å². The highest BCUT2D eigenvalue weighted by atomic mass is 32.1. The first-order valence-corrected chi connectivity index (χ1v) is 7.40. The lowest BCUT2D eigenvalue weighted by Crippen LogP contribution is -2.33. The molecule has 4 N–H and O–H groups in total. The molecule has 5 nitrogen and oxygen atoms in total. The van der Waals surface area contributed by atoms with Crippen molar-refractivity contribution in [2.24, 2.45) is 0 Å². The van der Waals surface area contributed by atoms with Crippen LogP contribution in [0.5, 0.6) is 0 Å². The Balaban J connectivity index is 2.81. The fourth-order valence-corrected chi connectivity index (χ4v) is 2.57. The van der Waals surface area contributed by atoms with Crippen molar-refractivity contribution < 1.29 is 4.79 Å². The minimum absolute atomic E-state index is 0.137. The molecule has 0 saturated heterocycles. The molecule has 0 aromatic carbocycles. The van der Waals surface area contributed by atoms with Gasteiger partial charge in [0, 0.05) is 5.54 Å². The molecule has 1 aromatic rings. The number of nitrogens with two attached hydrogens (primary N) is 1. The van der Waals surface area contributed by atoms with E-state index in [4.69, 9.17) is 12.2 Å². The fraction of sp³-hybridized carbons (Fsp3) is 0.571. The molecule has 0 radical (unpaired) electrons. The third kappa shape index (κ3) is 4.74. The smallest absolute Gasteiger partial charge is 0.266 e. The van der Waals surface area contributed by atoms with Crippen LogP contribution in [0.2, 0.25) is 0 Å². The second-order valence-electron chi connectivity index (χ2n) is 5.59. The van der Waals surface area contributed by atoms with Crippen LogP contribution in [0.3, 0.4) is 0 Å². The number of anilines is 2. The summed E-state index contributed by atoms with van der Waals surface area (Å²) in [5, 5.41) is 6.62. The van der Waals surface area contributed by atoms with Crippen LogP contribution in [-0.4, -0.2) is 22.5 Å². The molecule has 0 fully saturated rings. The standard InChI is InChI=1S/C14H22N4OS/c1-6-8-9(7-2)16-12(19)10-11(15)17-13(20-10)18-14(3,4)5/h2,9H,6,8,15H2,1,3-5H3,(H,16,19)(H,17,18). The van der Waals surface area contributed by atoms with Crippen LogP contribution in [0.25, 0.3) is 0 Å². The highest BCUT2D eigenvalue weighted by Crippen LogP contribution is 2.27. The minimum Gasteiger partial charge on any atom is -0.382 e. The van der Waals surface area contributed by atoms with E-state index < -0.39 is 0 Å². The van der Waals surface area contributed by atoms with E-state index in [0.29, 0.717) is 10.0 Å². The van der Waals surface area contributed by atoms with Crippen molar-refractivity contribution in [3.63, 3.8) is 0 Å². The van der Waals surface area contributed by atoms with Crippen LogP contribution in [0.1, 0.15) is 50.2 Å².